The van der Waals surface area contributed by atoms with E-state index in [9.17, 15) is 14.4 Å². The maximum Gasteiger partial charge on any atom is 0.303 e. The summed E-state index contributed by atoms with van der Waals surface area (Å²) < 4.78 is 0. The lowest BCUT2D eigenvalue weighted by molar-refractivity contribution is -0.137. The average Bonchev–Trinajstić information content (AvgIpc) is 2.87. The summed E-state index contributed by atoms with van der Waals surface area (Å²) in [6.45, 7) is 3.34. The maximum atomic E-state index is 11.9. The number of carbonyl (C=O) groups excluding carboxylic acids is 2. The van der Waals surface area contributed by atoms with E-state index in [1.165, 1.54) is 0 Å². The van der Waals surface area contributed by atoms with Gasteiger partial charge in [0.2, 0.25) is 11.8 Å². The van der Waals surface area contributed by atoms with E-state index in [-0.39, 0.29) is 24.7 Å². The third-order valence-corrected chi connectivity index (χ3v) is 7.23. The summed E-state index contributed by atoms with van der Waals surface area (Å²) in [5.41, 5.74) is 0. The zero-order valence-corrected chi connectivity index (χ0v) is 24.0. The van der Waals surface area contributed by atoms with Crippen LogP contribution in [0.3, 0.4) is 0 Å². The Morgan fingerprint density at radius 2 is 1.05 bits per heavy atom. The second kappa shape index (κ2) is 28.4. The van der Waals surface area contributed by atoms with Gasteiger partial charge in [-0.05, 0) is 51.4 Å². The summed E-state index contributed by atoms with van der Waals surface area (Å²) in [5, 5.41) is 14.3. The highest BCUT2D eigenvalue weighted by molar-refractivity contribution is 8.76. The minimum Gasteiger partial charge on any atom is -0.481 e. The zero-order valence-electron chi connectivity index (χ0n) is 22.4. The second-order valence-corrected chi connectivity index (χ2v) is 10.9. The topological polar surface area (TPSA) is 95.5 Å². The van der Waals surface area contributed by atoms with Crippen LogP contribution in [0, 0.1) is 0 Å². The van der Waals surface area contributed by atoms with Crippen molar-refractivity contribution in [3.05, 3.63) is 60.8 Å². The summed E-state index contributed by atoms with van der Waals surface area (Å²) in [4.78, 5) is 33.8. The first-order valence-corrected chi connectivity index (χ1v) is 15.8. The maximum absolute atomic E-state index is 11.9. The number of nitrogens with one attached hydrogen (secondary N) is 2. The van der Waals surface area contributed by atoms with Crippen molar-refractivity contribution in [2.24, 2.45) is 0 Å². The molecular formula is C29H46N2O4S2. The summed E-state index contributed by atoms with van der Waals surface area (Å²) in [7, 11) is 3.32. The fourth-order valence-corrected chi connectivity index (χ4v) is 4.72. The first-order valence-electron chi connectivity index (χ1n) is 13.3. The summed E-state index contributed by atoms with van der Waals surface area (Å²) in [6.07, 6.45) is 29.7. The molecule has 0 fully saturated rings. The molecule has 0 saturated carbocycles. The van der Waals surface area contributed by atoms with Crippen molar-refractivity contribution < 1.29 is 19.5 Å². The molecule has 0 atom stereocenters. The smallest absolute Gasteiger partial charge is 0.303 e. The minimum absolute atomic E-state index is 0.0210. The number of allylic oxidation sites excluding steroid dienone is 10. The molecule has 0 spiro atoms. The number of hydrogen-bond acceptors (Lipinski definition) is 5. The van der Waals surface area contributed by atoms with Crippen LogP contribution < -0.4 is 10.6 Å². The van der Waals surface area contributed by atoms with Gasteiger partial charge in [0.25, 0.3) is 0 Å². The van der Waals surface area contributed by atoms with Crippen LogP contribution in [0.2, 0.25) is 0 Å². The first kappa shape index (κ1) is 34.8. The van der Waals surface area contributed by atoms with Crippen LogP contribution in [-0.2, 0) is 14.4 Å². The molecular weight excluding hydrogens is 504 g/mol. The van der Waals surface area contributed by atoms with Crippen molar-refractivity contribution in [1.29, 1.82) is 0 Å². The fourth-order valence-electron chi connectivity index (χ4n) is 2.91. The van der Waals surface area contributed by atoms with Gasteiger partial charge in [0.15, 0.2) is 0 Å². The normalized spacial score (nSPS) is 12.0. The molecule has 0 aromatic heterocycles. The van der Waals surface area contributed by atoms with E-state index in [0.29, 0.717) is 25.9 Å². The molecule has 37 heavy (non-hydrogen) atoms. The van der Waals surface area contributed by atoms with Crippen LogP contribution in [0.15, 0.2) is 60.8 Å². The first-order chi connectivity index (χ1) is 18.1. The van der Waals surface area contributed by atoms with Gasteiger partial charge in [0.1, 0.15) is 0 Å². The molecule has 8 heteroatoms. The summed E-state index contributed by atoms with van der Waals surface area (Å²) >= 11 is 0. The Morgan fingerprint density at radius 1 is 0.622 bits per heavy atom. The Balaban J connectivity index is 3.48. The molecule has 0 aliphatic rings. The van der Waals surface area contributed by atoms with Gasteiger partial charge in [-0.1, -0.05) is 89.3 Å². The molecule has 3 N–H and O–H groups in total. The standard InChI is InChI=1S/C29H46N2O4S2/c1-2-3-4-5-6-7-8-9-10-11-12-13-14-15-16-17-18-20-27(32)30-23-25-36-37-26-24-31-28(33)21-19-22-29(34)35/h3-4,6-7,9-10,12-13,15-16H,2,5,8,11,14,17-26H2,1H3,(H,30,32)(H,31,33)(H,34,35)/b4-3-,7-6-,10-9-,13-12-,16-15-. The second-order valence-electron chi connectivity index (χ2n) is 8.19. The van der Waals surface area contributed by atoms with Gasteiger partial charge < -0.3 is 15.7 Å². The third kappa shape index (κ3) is 29.9. The largest absolute Gasteiger partial charge is 0.481 e. The van der Waals surface area contributed by atoms with E-state index >= 15 is 0 Å². The van der Waals surface area contributed by atoms with Crippen molar-refractivity contribution in [3.63, 3.8) is 0 Å². The minimum atomic E-state index is -0.878. The number of amides is 2. The highest BCUT2D eigenvalue weighted by atomic mass is 33.1. The molecule has 6 nitrogen and oxygen atoms in total. The molecule has 0 aromatic rings. The molecule has 2 amide bonds. The Morgan fingerprint density at radius 3 is 1.51 bits per heavy atom. The lowest BCUT2D eigenvalue weighted by Crippen LogP contribution is -2.26. The third-order valence-electron chi connectivity index (χ3n) is 4.83. The molecule has 208 valence electrons. The lowest BCUT2D eigenvalue weighted by atomic mass is 10.2. The molecule has 0 aromatic carbocycles. The quantitative estimate of drug-likeness (QED) is 0.0697. The van der Waals surface area contributed by atoms with E-state index in [2.05, 4.69) is 78.3 Å². The van der Waals surface area contributed by atoms with Crippen molar-refractivity contribution in [2.45, 2.75) is 77.6 Å². The predicted molar refractivity (Wildman–Crippen MR) is 161 cm³/mol. The highest BCUT2D eigenvalue weighted by Crippen LogP contribution is 2.19. The van der Waals surface area contributed by atoms with Gasteiger partial charge in [-0.15, -0.1) is 0 Å². The number of unbranched alkanes of at least 4 members (excludes halogenated alkanes) is 1. The van der Waals surface area contributed by atoms with E-state index in [4.69, 9.17) is 5.11 Å². The van der Waals surface area contributed by atoms with Crippen LogP contribution in [0.4, 0.5) is 0 Å². The molecule has 0 aliphatic heterocycles. The van der Waals surface area contributed by atoms with Gasteiger partial charge in [-0.25, -0.2) is 0 Å². The SMILES string of the molecule is CC/C=C\C/C=C\C/C=C\C/C=C\C/C=C\CCCC(=O)NCCSSCCNC(=O)CCCC(=O)O. The number of hydrogen-bond donors (Lipinski definition) is 3. The molecule has 0 aliphatic carbocycles. The van der Waals surface area contributed by atoms with E-state index in [1.807, 2.05) is 0 Å². The van der Waals surface area contributed by atoms with Crippen LogP contribution in [0.1, 0.15) is 77.6 Å². The molecule has 0 radical (unpaired) electrons. The van der Waals surface area contributed by atoms with Crippen molar-refractivity contribution >= 4 is 39.4 Å². The molecule has 0 heterocycles. The number of aliphatic carboxylic acids is 1. The van der Waals surface area contributed by atoms with Gasteiger partial charge in [-0.3, -0.25) is 14.4 Å². The van der Waals surface area contributed by atoms with Crippen molar-refractivity contribution in [3.8, 4) is 0 Å². The summed E-state index contributed by atoms with van der Waals surface area (Å²) in [5.74, 6) is 0.696. The van der Waals surface area contributed by atoms with Gasteiger partial charge in [0.05, 0.1) is 0 Å². The summed E-state index contributed by atoms with van der Waals surface area (Å²) in [6, 6.07) is 0. The van der Waals surface area contributed by atoms with Crippen LogP contribution in [0.25, 0.3) is 0 Å². The molecule has 0 rings (SSSR count). The Bertz CT molecular complexity index is 746. The van der Waals surface area contributed by atoms with Crippen LogP contribution in [-0.4, -0.2) is 47.5 Å². The van der Waals surface area contributed by atoms with Crippen molar-refractivity contribution in [2.75, 3.05) is 24.6 Å². The number of carboxylic acids is 1. The predicted octanol–water partition coefficient (Wildman–Crippen LogP) is 6.78. The van der Waals surface area contributed by atoms with E-state index < -0.39 is 5.97 Å². The Labute approximate surface area is 232 Å². The number of carbonyl (C=O) groups is 3. The van der Waals surface area contributed by atoms with E-state index in [1.54, 1.807) is 21.6 Å². The highest BCUT2D eigenvalue weighted by Gasteiger charge is 2.03. The molecule has 0 unspecified atom stereocenters. The molecule has 0 saturated heterocycles. The zero-order chi connectivity index (χ0) is 27.2. The van der Waals surface area contributed by atoms with Gasteiger partial charge >= 0.3 is 5.97 Å². The Hall–Kier alpha value is -2.19. The van der Waals surface area contributed by atoms with Crippen molar-refractivity contribution in [1.82, 2.24) is 10.6 Å². The molecule has 0 bridgehead atoms. The lowest BCUT2D eigenvalue weighted by Gasteiger charge is -2.06. The average molecular weight is 551 g/mol. The fraction of sp³-hybridized carbons (Fsp3) is 0.552. The van der Waals surface area contributed by atoms with Gasteiger partial charge in [-0.2, -0.15) is 0 Å². The van der Waals surface area contributed by atoms with Gasteiger partial charge in [0, 0.05) is 43.9 Å². The van der Waals surface area contributed by atoms with Crippen LogP contribution in [0.5, 0.6) is 0 Å². The monoisotopic (exact) mass is 550 g/mol. The van der Waals surface area contributed by atoms with Crippen LogP contribution >= 0.6 is 21.6 Å². The number of rotatable bonds is 24. The van der Waals surface area contributed by atoms with E-state index in [0.717, 1.165) is 56.5 Å². The Kier molecular flexibility index (Phi) is 26.7. The number of carboxylic acid groups (broad SMARTS) is 1.